The molecule has 0 saturated heterocycles. The van der Waals surface area contributed by atoms with Gasteiger partial charge in [-0.25, -0.2) is 0 Å². The largest absolute Gasteiger partial charge is 0.368 e. The fraction of sp³-hybridized carbons (Fsp3) is 0.500. The Kier molecular flexibility index (Phi) is 2.96. The maximum atomic E-state index is 11.8. The molecular weight excluding hydrogens is 212 g/mol. The van der Waals surface area contributed by atoms with Crippen molar-refractivity contribution >= 4 is 5.91 Å². The highest BCUT2D eigenvalue weighted by Crippen LogP contribution is 2.30. The first-order chi connectivity index (χ1) is 7.93. The number of nitrogens with one attached hydrogen (secondary N) is 1. The van der Waals surface area contributed by atoms with Crippen LogP contribution in [0, 0.1) is 13.8 Å². The summed E-state index contributed by atoms with van der Waals surface area (Å²) in [6, 6.07) is 6.56. The van der Waals surface area contributed by atoms with E-state index in [1.54, 1.807) is 0 Å². The molecule has 92 valence electrons. The van der Waals surface area contributed by atoms with Crippen LogP contribution < -0.4 is 11.1 Å². The highest BCUT2D eigenvalue weighted by Gasteiger charge is 2.39. The first kappa shape index (κ1) is 12.1. The van der Waals surface area contributed by atoms with Crippen LogP contribution in [-0.2, 0) is 10.3 Å². The SMILES string of the molecule is Cc1ccc(C(C)(NC2CC2)C(N)=O)c(C)c1. The average molecular weight is 232 g/mol. The van der Waals surface area contributed by atoms with Crippen molar-refractivity contribution in [2.75, 3.05) is 0 Å². The zero-order chi connectivity index (χ0) is 12.6. The van der Waals surface area contributed by atoms with Gasteiger partial charge in [0.05, 0.1) is 0 Å². The number of primary amides is 1. The summed E-state index contributed by atoms with van der Waals surface area (Å²) in [4.78, 5) is 11.8. The molecule has 0 aliphatic heterocycles. The third-order valence-corrected chi connectivity index (χ3v) is 3.48. The number of carbonyl (C=O) groups is 1. The van der Waals surface area contributed by atoms with Crippen molar-refractivity contribution in [3.8, 4) is 0 Å². The molecule has 1 amide bonds. The molecule has 1 unspecified atom stereocenters. The summed E-state index contributed by atoms with van der Waals surface area (Å²) < 4.78 is 0. The minimum absolute atomic E-state index is 0.309. The van der Waals surface area contributed by atoms with Crippen molar-refractivity contribution in [2.45, 2.75) is 45.2 Å². The van der Waals surface area contributed by atoms with Crippen molar-refractivity contribution < 1.29 is 4.79 Å². The monoisotopic (exact) mass is 232 g/mol. The van der Waals surface area contributed by atoms with Crippen LogP contribution in [0.15, 0.2) is 18.2 Å². The Labute approximate surface area is 102 Å². The predicted octanol–water partition coefficient (Wildman–Crippen LogP) is 1.76. The molecule has 2 rings (SSSR count). The second-order valence-corrected chi connectivity index (χ2v) is 5.23. The predicted molar refractivity (Wildman–Crippen MR) is 68.6 cm³/mol. The van der Waals surface area contributed by atoms with Crippen LogP contribution in [-0.4, -0.2) is 11.9 Å². The molecule has 3 nitrogen and oxygen atoms in total. The van der Waals surface area contributed by atoms with Gasteiger partial charge in [-0.3, -0.25) is 10.1 Å². The van der Waals surface area contributed by atoms with E-state index in [0.717, 1.165) is 24.0 Å². The number of rotatable bonds is 4. The summed E-state index contributed by atoms with van der Waals surface area (Å²) in [6.45, 7) is 5.95. The molecule has 0 bridgehead atoms. The average Bonchev–Trinajstić information content (AvgIpc) is 3.00. The van der Waals surface area contributed by atoms with E-state index >= 15 is 0 Å². The van der Waals surface area contributed by atoms with E-state index in [4.69, 9.17) is 5.73 Å². The number of amides is 1. The molecule has 1 saturated carbocycles. The molecule has 1 aliphatic carbocycles. The lowest BCUT2D eigenvalue weighted by molar-refractivity contribution is -0.124. The van der Waals surface area contributed by atoms with Gasteiger partial charge in [0.25, 0.3) is 0 Å². The molecule has 0 aromatic heterocycles. The second-order valence-electron chi connectivity index (χ2n) is 5.23. The van der Waals surface area contributed by atoms with E-state index in [0.29, 0.717) is 6.04 Å². The maximum Gasteiger partial charge on any atom is 0.242 e. The number of carbonyl (C=O) groups excluding carboxylic acids is 1. The molecule has 3 N–H and O–H groups in total. The third-order valence-electron chi connectivity index (χ3n) is 3.48. The van der Waals surface area contributed by atoms with E-state index in [1.165, 1.54) is 5.56 Å². The summed E-state index contributed by atoms with van der Waals surface area (Å²) in [5, 5.41) is 3.37. The van der Waals surface area contributed by atoms with Crippen molar-refractivity contribution in [1.29, 1.82) is 0 Å². The zero-order valence-electron chi connectivity index (χ0n) is 10.7. The maximum absolute atomic E-state index is 11.8. The van der Waals surface area contributed by atoms with E-state index in [-0.39, 0.29) is 5.91 Å². The van der Waals surface area contributed by atoms with Gasteiger partial charge in [0.2, 0.25) is 5.91 Å². The minimum Gasteiger partial charge on any atom is -0.368 e. The van der Waals surface area contributed by atoms with Gasteiger partial charge in [0.1, 0.15) is 5.54 Å². The Morgan fingerprint density at radius 1 is 1.41 bits per heavy atom. The summed E-state index contributed by atoms with van der Waals surface area (Å²) in [7, 11) is 0. The lowest BCUT2D eigenvalue weighted by atomic mass is 9.87. The van der Waals surface area contributed by atoms with Crippen LogP contribution in [0.2, 0.25) is 0 Å². The number of benzene rings is 1. The Morgan fingerprint density at radius 3 is 2.53 bits per heavy atom. The quantitative estimate of drug-likeness (QED) is 0.831. The van der Waals surface area contributed by atoms with E-state index in [9.17, 15) is 4.79 Å². The number of nitrogens with two attached hydrogens (primary N) is 1. The Hall–Kier alpha value is -1.35. The summed E-state index contributed by atoms with van der Waals surface area (Å²) in [5.74, 6) is -0.309. The molecule has 0 heterocycles. The first-order valence-electron chi connectivity index (χ1n) is 6.09. The summed E-state index contributed by atoms with van der Waals surface area (Å²) >= 11 is 0. The van der Waals surface area contributed by atoms with E-state index in [1.807, 2.05) is 32.9 Å². The topological polar surface area (TPSA) is 55.1 Å². The molecule has 1 aromatic carbocycles. The van der Waals surface area contributed by atoms with Gasteiger partial charge in [0.15, 0.2) is 0 Å². The molecule has 1 fully saturated rings. The van der Waals surface area contributed by atoms with E-state index in [2.05, 4.69) is 11.4 Å². The minimum atomic E-state index is -0.751. The number of hydrogen-bond acceptors (Lipinski definition) is 2. The smallest absolute Gasteiger partial charge is 0.242 e. The van der Waals surface area contributed by atoms with Crippen LogP contribution in [0.3, 0.4) is 0 Å². The standard InChI is InChI=1S/C14H20N2O/c1-9-4-7-12(10(2)8-9)14(3,13(15)17)16-11-5-6-11/h4,7-8,11,16H,5-6H2,1-3H3,(H2,15,17). The van der Waals surface area contributed by atoms with Gasteiger partial charge in [-0.15, -0.1) is 0 Å². The van der Waals surface area contributed by atoms with Gasteiger partial charge in [0, 0.05) is 6.04 Å². The molecular formula is C14H20N2O. The van der Waals surface area contributed by atoms with Crippen LogP contribution >= 0.6 is 0 Å². The summed E-state index contributed by atoms with van der Waals surface area (Å²) in [6.07, 6.45) is 2.27. The fourth-order valence-corrected chi connectivity index (χ4v) is 2.29. The van der Waals surface area contributed by atoms with Crippen molar-refractivity contribution in [1.82, 2.24) is 5.32 Å². The van der Waals surface area contributed by atoms with Gasteiger partial charge < -0.3 is 5.73 Å². The molecule has 1 aromatic rings. The zero-order valence-corrected chi connectivity index (χ0v) is 10.7. The Bertz CT molecular complexity index is 452. The molecule has 1 atom stereocenters. The molecule has 0 spiro atoms. The second kappa shape index (κ2) is 4.15. The Balaban J connectivity index is 2.40. The van der Waals surface area contributed by atoms with Gasteiger partial charge in [-0.05, 0) is 44.7 Å². The van der Waals surface area contributed by atoms with Crippen LogP contribution in [0.1, 0.15) is 36.5 Å². The third kappa shape index (κ3) is 2.34. The lowest BCUT2D eigenvalue weighted by Crippen LogP contribution is -2.51. The van der Waals surface area contributed by atoms with Crippen molar-refractivity contribution in [2.24, 2.45) is 5.73 Å². The van der Waals surface area contributed by atoms with Crippen LogP contribution in [0.4, 0.5) is 0 Å². The molecule has 1 aliphatic rings. The van der Waals surface area contributed by atoms with Gasteiger partial charge in [-0.2, -0.15) is 0 Å². The Morgan fingerprint density at radius 2 is 2.06 bits per heavy atom. The highest BCUT2D eigenvalue weighted by molar-refractivity contribution is 5.86. The van der Waals surface area contributed by atoms with Crippen molar-refractivity contribution in [3.63, 3.8) is 0 Å². The molecule has 0 radical (unpaired) electrons. The number of hydrogen-bond donors (Lipinski definition) is 2. The van der Waals surface area contributed by atoms with Gasteiger partial charge in [-0.1, -0.05) is 23.8 Å². The fourth-order valence-electron chi connectivity index (χ4n) is 2.29. The summed E-state index contributed by atoms with van der Waals surface area (Å²) in [5.41, 5.74) is 8.13. The van der Waals surface area contributed by atoms with Gasteiger partial charge >= 0.3 is 0 Å². The first-order valence-corrected chi connectivity index (χ1v) is 6.09. The lowest BCUT2D eigenvalue weighted by Gasteiger charge is -2.30. The van der Waals surface area contributed by atoms with Crippen LogP contribution in [0.25, 0.3) is 0 Å². The van der Waals surface area contributed by atoms with Crippen molar-refractivity contribution in [3.05, 3.63) is 34.9 Å². The number of aryl methyl sites for hydroxylation is 2. The normalized spacial score (nSPS) is 18.8. The van der Waals surface area contributed by atoms with Crippen LogP contribution in [0.5, 0.6) is 0 Å². The molecule has 17 heavy (non-hydrogen) atoms. The van der Waals surface area contributed by atoms with E-state index < -0.39 is 5.54 Å². The highest BCUT2D eigenvalue weighted by atomic mass is 16.1. The molecule has 3 heteroatoms.